The van der Waals surface area contributed by atoms with E-state index >= 15 is 0 Å². The van der Waals surface area contributed by atoms with Crippen LogP contribution in [0.25, 0.3) is 0 Å². The third-order valence-electron chi connectivity index (χ3n) is 6.29. The Morgan fingerprint density at radius 2 is 1.86 bits per heavy atom. The van der Waals surface area contributed by atoms with Crippen molar-refractivity contribution in [3.63, 3.8) is 0 Å². The van der Waals surface area contributed by atoms with Gasteiger partial charge in [0.25, 0.3) is 5.91 Å². The van der Waals surface area contributed by atoms with Crippen LogP contribution in [0.15, 0.2) is 18.2 Å². The first-order valence-electron chi connectivity index (χ1n) is 7.52. The minimum absolute atomic E-state index is 0.153. The van der Waals surface area contributed by atoms with E-state index in [0.717, 1.165) is 6.42 Å². The van der Waals surface area contributed by atoms with Crippen molar-refractivity contribution in [1.29, 1.82) is 0 Å². The van der Waals surface area contributed by atoms with Crippen LogP contribution < -0.4 is 5.32 Å². The van der Waals surface area contributed by atoms with E-state index in [0.29, 0.717) is 21.5 Å². The Labute approximate surface area is 136 Å². The zero-order valence-corrected chi connectivity index (χ0v) is 14.2. The van der Waals surface area contributed by atoms with Crippen molar-refractivity contribution in [2.75, 3.05) is 0 Å². The number of nitrogens with one attached hydrogen (secondary N) is 1. The van der Waals surface area contributed by atoms with Gasteiger partial charge < -0.3 is 5.32 Å². The standard InChI is InChI=1S/C17H21Cl2NO/c1-16(2)10-7-8-17(16,3)13(9-10)20-15(21)14-11(18)5-4-6-12(14)19/h4-6,10,13H,7-9H2,1-3H3,(H,20,21)/t10-,13+,17-/m0/s1. The number of carbonyl (C=O) groups excluding carboxylic acids is 1. The first-order valence-corrected chi connectivity index (χ1v) is 8.28. The lowest BCUT2D eigenvalue weighted by Crippen LogP contribution is -2.47. The SMILES string of the molecule is CC1(C)[C@H]2CC[C@@]1(C)[C@H](NC(=O)c1c(Cl)cccc1Cl)C2. The molecule has 0 aromatic heterocycles. The van der Waals surface area contributed by atoms with E-state index in [1.54, 1.807) is 18.2 Å². The summed E-state index contributed by atoms with van der Waals surface area (Å²) in [6.45, 7) is 6.97. The van der Waals surface area contributed by atoms with Crippen LogP contribution in [0.5, 0.6) is 0 Å². The molecule has 0 heterocycles. The second-order valence-electron chi connectivity index (χ2n) is 7.23. The van der Waals surface area contributed by atoms with E-state index in [1.807, 2.05) is 0 Å². The average Bonchev–Trinajstić information content (AvgIpc) is 2.71. The third kappa shape index (κ3) is 2.10. The molecular formula is C17H21Cl2NO. The van der Waals surface area contributed by atoms with Gasteiger partial charge in [-0.1, -0.05) is 50.0 Å². The molecule has 0 spiro atoms. The molecule has 1 N–H and O–H groups in total. The molecule has 1 aromatic carbocycles. The molecule has 0 saturated heterocycles. The lowest BCUT2D eigenvalue weighted by atomic mass is 9.69. The fraction of sp³-hybridized carbons (Fsp3) is 0.588. The van der Waals surface area contributed by atoms with E-state index in [4.69, 9.17) is 23.2 Å². The lowest BCUT2D eigenvalue weighted by molar-refractivity contribution is 0.0826. The van der Waals surface area contributed by atoms with Crippen LogP contribution in [0.1, 0.15) is 50.4 Å². The highest BCUT2D eigenvalue weighted by Crippen LogP contribution is 2.65. The molecule has 0 unspecified atom stereocenters. The van der Waals surface area contributed by atoms with Gasteiger partial charge in [0.05, 0.1) is 15.6 Å². The van der Waals surface area contributed by atoms with Crippen molar-refractivity contribution in [3.05, 3.63) is 33.8 Å². The molecule has 1 aromatic rings. The predicted molar refractivity (Wildman–Crippen MR) is 86.9 cm³/mol. The summed E-state index contributed by atoms with van der Waals surface area (Å²) in [6, 6.07) is 5.36. The van der Waals surface area contributed by atoms with E-state index < -0.39 is 0 Å². The average molecular weight is 326 g/mol. The van der Waals surface area contributed by atoms with Gasteiger partial charge in [0, 0.05) is 6.04 Å². The van der Waals surface area contributed by atoms with Crippen LogP contribution in [0.4, 0.5) is 0 Å². The molecule has 21 heavy (non-hydrogen) atoms. The normalized spacial score (nSPS) is 33.2. The summed E-state index contributed by atoms with van der Waals surface area (Å²) in [5.74, 6) is 0.537. The summed E-state index contributed by atoms with van der Waals surface area (Å²) < 4.78 is 0. The maximum atomic E-state index is 12.6. The first kappa shape index (κ1) is 15.2. The molecule has 114 valence electrons. The number of benzene rings is 1. The number of amides is 1. The van der Waals surface area contributed by atoms with E-state index in [-0.39, 0.29) is 22.8 Å². The Morgan fingerprint density at radius 3 is 2.33 bits per heavy atom. The maximum Gasteiger partial charge on any atom is 0.254 e. The zero-order chi connectivity index (χ0) is 15.4. The fourth-order valence-electron chi connectivity index (χ4n) is 4.37. The number of hydrogen-bond donors (Lipinski definition) is 1. The topological polar surface area (TPSA) is 29.1 Å². The third-order valence-corrected chi connectivity index (χ3v) is 6.92. The van der Waals surface area contributed by atoms with Gasteiger partial charge in [-0.05, 0) is 48.1 Å². The smallest absolute Gasteiger partial charge is 0.254 e. The van der Waals surface area contributed by atoms with Crippen molar-refractivity contribution in [3.8, 4) is 0 Å². The summed E-state index contributed by atoms with van der Waals surface area (Å²) >= 11 is 12.3. The van der Waals surface area contributed by atoms with Gasteiger partial charge in [-0.15, -0.1) is 0 Å². The zero-order valence-electron chi connectivity index (χ0n) is 12.7. The summed E-state index contributed by atoms with van der Waals surface area (Å²) in [5, 5.41) is 4.02. The van der Waals surface area contributed by atoms with Crippen LogP contribution >= 0.6 is 23.2 Å². The lowest BCUT2D eigenvalue weighted by Gasteiger charge is -2.39. The maximum absolute atomic E-state index is 12.6. The van der Waals surface area contributed by atoms with Gasteiger partial charge >= 0.3 is 0 Å². The molecule has 3 rings (SSSR count). The minimum Gasteiger partial charge on any atom is -0.349 e. The first-order chi connectivity index (χ1) is 9.77. The monoisotopic (exact) mass is 325 g/mol. The van der Waals surface area contributed by atoms with E-state index in [1.165, 1.54) is 12.8 Å². The van der Waals surface area contributed by atoms with Crippen LogP contribution in [-0.4, -0.2) is 11.9 Å². The molecule has 2 nitrogen and oxygen atoms in total. The molecule has 2 aliphatic rings. The van der Waals surface area contributed by atoms with Gasteiger partial charge in [0.2, 0.25) is 0 Å². The number of rotatable bonds is 2. The Hall–Kier alpha value is -0.730. The molecule has 2 bridgehead atoms. The quantitative estimate of drug-likeness (QED) is 0.819. The summed E-state index contributed by atoms with van der Waals surface area (Å²) in [4.78, 5) is 12.6. The second-order valence-corrected chi connectivity index (χ2v) is 8.05. The van der Waals surface area contributed by atoms with Crippen LogP contribution in [-0.2, 0) is 0 Å². The van der Waals surface area contributed by atoms with Crippen molar-refractivity contribution in [1.82, 2.24) is 5.32 Å². The summed E-state index contributed by atoms with van der Waals surface area (Å²) in [7, 11) is 0. The van der Waals surface area contributed by atoms with Crippen LogP contribution in [0.3, 0.4) is 0 Å². The van der Waals surface area contributed by atoms with E-state index in [9.17, 15) is 4.79 Å². The highest BCUT2D eigenvalue weighted by Gasteiger charge is 2.61. The van der Waals surface area contributed by atoms with Gasteiger partial charge in [-0.2, -0.15) is 0 Å². The molecule has 3 atom stereocenters. The minimum atomic E-state index is -0.153. The molecule has 2 aliphatic carbocycles. The van der Waals surface area contributed by atoms with Crippen molar-refractivity contribution < 1.29 is 4.79 Å². The molecular weight excluding hydrogens is 305 g/mol. The Balaban J connectivity index is 1.84. The second kappa shape index (κ2) is 4.89. The number of hydrogen-bond acceptors (Lipinski definition) is 1. The Morgan fingerprint density at radius 1 is 1.24 bits per heavy atom. The number of halogens is 2. The summed E-state index contributed by atoms with van der Waals surface area (Å²) in [6.07, 6.45) is 3.49. The van der Waals surface area contributed by atoms with Crippen LogP contribution in [0, 0.1) is 16.7 Å². The molecule has 0 aliphatic heterocycles. The van der Waals surface area contributed by atoms with Crippen LogP contribution in [0.2, 0.25) is 10.0 Å². The fourth-order valence-corrected chi connectivity index (χ4v) is 4.94. The Bertz CT molecular complexity index is 578. The predicted octanol–water partition coefficient (Wildman–Crippen LogP) is 4.94. The number of fused-ring (bicyclic) bond motifs is 2. The molecule has 1 amide bonds. The van der Waals surface area contributed by atoms with E-state index in [2.05, 4.69) is 26.1 Å². The largest absolute Gasteiger partial charge is 0.349 e. The molecule has 2 fully saturated rings. The van der Waals surface area contributed by atoms with Gasteiger partial charge in [0.15, 0.2) is 0 Å². The highest BCUT2D eigenvalue weighted by molar-refractivity contribution is 6.39. The molecule has 4 heteroatoms. The van der Waals surface area contributed by atoms with Gasteiger partial charge in [-0.25, -0.2) is 0 Å². The Kier molecular flexibility index (Phi) is 3.53. The van der Waals surface area contributed by atoms with Gasteiger partial charge in [0.1, 0.15) is 0 Å². The highest BCUT2D eigenvalue weighted by atomic mass is 35.5. The van der Waals surface area contributed by atoms with Gasteiger partial charge in [-0.3, -0.25) is 4.79 Å². The van der Waals surface area contributed by atoms with Crippen molar-refractivity contribution in [2.24, 2.45) is 16.7 Å². The summed E-state index contributed by atoms with van der Waals surface area (Å²) in [5.41, 5.74) is 0.820. The molecule has 2 saturated carbocycles. The number of carbonyl (C=O) groups is 1. The van der Waals surface area contributed by atoms with Crippen molar-refractivity contribution >= 4 is 29.1 Å². The molecule has 0 radical (unpaired) electrons. The van der Waals surface area contributed by atoms with Crippen molar-refractivity contribution in [2.45, 2.75) is 46.1 Å².